The summed E-state index contributed by atoms with van der Waals surface area (Å²) in [5.74, 6) is 0. The molecule has 4 N–H and O–H groups in total. The summed E-state index contributed by atoms with van der Waals surface area (Å²) in [4.78, 5) is 0. The van der Waals surface area contributed by atoms with Gasteiger partial charge in [-0.1, -0.05) is 0 Å². The highest BCUT2D eigenvalue weighted by atomic mass is 16.6. The number of rotatable bonds is 1. The third kappa shape index (κ3) is 35.5. The van der Waals surface area contributed by atoms with E-state index in [2.05, 4.69) is 5.32 Å². The van der Waals surface area contributed by atoms with Crippen LogP contribution in [0.25, 0.3) is 0 Å². The number of nitrogens with one attached hydrogen (secondary N) is 1. The first kappa shape index (κ1) is 36.5. The van der Waals surface area contributed by atoms with Crippen molar-refractivity contribution in [3.63, 3.8) is 0 Å². The summed E-state index contributed by atoms with van der Waals surface area (Å²) >= 11 is 0. The van der Waals surface area contributed by atoms with E-state index in [1.807, 2.05) is 0 Å². The van der Waals surface area contributed by atoms with Crippen LogP contribution in [0, 0.1) is 0 Å². The van der Waals surface area contributed by atoms with Gasteiger partial charge in [0, 0.05) is 19.6 Å². The predicted octanol–water partition coefficient (Wildman–Crippen LogP) is -1.31. The maximum absolute atomic E-state index is 7.75. The Balaban J connectivity index is 0.00000300. The van der Waals surface area contributed by atoms with Gasteiger partial charge in [-0.3, -0.25) is 0 Å². The Morgan fingerprint density at radius 3 is 0.703 bits per heavy atom. The van der Waals surface area contributed by atoms with Crippen molar-refractivity contribution in [3.05, 3.63) is 0 Å². The van der Waals surface area contributed by atoms with E-state index >= 15 is 0 Å². The molecular weight excluding hydrogens is 492 g/mol. The molecule has 0 atom stereocenters. The Bertz CT molecular complexity index is 233. The number of hydrogen-bond acceptors (Lipinski definition) is 13. The molecule has 0 aromatic carbocycles. The van der Waals surface area contributed by atoms with E-state index in [0.717, 1.165) is 13.1 Å². The van der Waals surface area contributed by atoms with E-state index in [9.17, 15) is 0 Å². The Hall–Kier alpha value is -0.520. The van der Waals surface area contributed by atoms with Gasteiger partial charge in [-0.25, -0.2) is 0 Å². The van der Waals surface area contributed by atoms with Gasteiger partial charge < -0.3 is 63.5 Å². The first-order valence-electron chi connectivity index (χ1n) is 13.2. The van der Waals surface area contributed by atoms with Crippen molar-refractivity contribution in [3.8, 4) is 0 Å². The molecule has 224 valence electrons. The molecule has 1 heterocycles. The van der Waals surface area contributed by atoms with Gasteiger partial charge in [0.05, 0.1) is 139 Å². The zero-order chi connectivity index (χ0) is 26.7. The topological polar surface area (TPSA) is 151 Å². The maximum atomic E-state index is 7.75. The Morgan fingerprint density at radius 1 is 0.378 bits per heavy atom. The molecule has 13 nitrogen and oxygen atoms in total. The van der Waals surface area contributed by atoms with Gasteiger partial charge in [-0.15, -0.1) is 0 Å². The predicted molar refractivity (Wildman–Crippen MR) is 137 cm³/mol. The van der Waals surface area contributed by atoms with Crippen molar-refractivity contribution in [1.29, 1.82) is 0 Å². The van der Waals surface area contributed by atoms with Crippen LogP contribution < -0.4 is 11.1 Å². The lowest BCUT2D eigenvalue weighted by molar-refractivity contribution is -0.0260. The maximum Gasteiger partial charge on any atom is 0.0701 e. The summed E-state index contributed by atoms with van der Waals surface area (Å²) in [5, 5.41) is 11.0. The highest BCUT2D eigenvalue weighted by molar-refractivity contribution is 4.46. The summed E-state index contributed by atoms with van der Waals surface area (Å²) in [6.45, 7) is 13.1. The van der Waals surface area contributed by atoms with Gasteiger partial charge in [-0.05, 0) is 0 Å². The smallest absolute Gasteiger partial charge is 0.0701 e. The van der Waals surface area contributed by atoms with Crippen LogP contribution in [0.15, 0.2) is 0 Å². The van der Waals surface area contributed by atoms with Gasteiger partial charge in [0.25, 0.3) is 0 Å². The van der Waals surface area contributed by atoms with Crippen LogP contribution in [0.5, 0.6) is 0 Å². The quantitative estimate of drug-likeness (QED) is 0.359. The Labute approximate surface area is 222 Å². The van der Waals surface area contributed by atoms with Gasteiger partial charge in [0.15, 0.2) is 0 Å². The van der Waals surface area contributed by atoms with Crippen LogP contribution in [-0.2, 0) is 47.4 Å². The second-order valence-corrected chi connectivity index (χ2v) is 7.39. The van der Waals surface area contributed by atoms with Crippen LogP contribution in [0.1, 0.15) is 0 Å². The van der Waals surface area contributed by atoms with E-state index in [1.54, 1.807) is 0 Å². The van der Waals surface area contributed by atoms with E-state index in [1.165, 1.54) is 0 Å². The normalized spacial score (nSPS) is 22.2. The van der Waals surface area contributed by atoms with Crippen LogP contribution in [0.4, 0.5) is 0 Å². The Morgan fingerprint density at radius 2 is 0.541 bits per heavy atom. The second-order valence-electron chi connectivity index (χ2n) is 7.39. The molecule has 37 heavy (non-hydrogen) atoms. The summed E-state index contributed by atoms with van der Waals surface area (Å²) in [6.07, 6.45) is 0. The molecule has 1 aliphatic rings. The number of hydrogen-bond donors (Lipinski definition) is 3. The summed E-state index contributed by atoms with van der Waals surface area (Å²) in [7, 11) is 0. The third-order valence-electron chi connectivity index (χ3n) is 4.32. The lowest BCUT2D eigenvalue weighted by Crippen LogP contribution is -2.25. The Kier molecular flexibility index (Phi) is 35.0. The van der Waals surface area contributed by atoms with Crippen molar-refractivity contribution < 1.29 is 52.5 Å². The zero-order valence-corrected chi connectivity index (χ0v) is 22.6. The van der Waals surface area contributed by atoms with Crippen molar-refractivity contribution in [2.24, 2.45) is 5.73 Å². The summed E-state index contributed by atoms with van der Waals surface area (Å²) < 4.78 is 54.6. The first-order valence-corrected chi connectivity index (χ1v) is 13.2. The van der Waals surface area contributed by atoms with Crippen molar-refractivity contribution in [2.75, 3.05) is 158 Å². The van der Waals surface area contributed by atoms with Crippen LogP contribution >= 0.6 is 0 Å². The molecule has 0 spiro atoms. The molecule has 0 bridgehead atoms. The number of ether oxygens (including phenoxy) is 10. The molecule has 1 fully saturated rings. The minimum absolute atomic E-state index is 0.0972. The van der Waals surface area contributed by atoms with Crippen molar-refractivity contribution in [2.45, 2.75) is 0 Å². The molecule has 0 saturated carbocycles. The van der Waals surface area contributed by atoms with Gasteiger partial charge in [-0.2, -0.15) is 0 Å². The van der Waals surface area contributed by atoms with Crippen molar-refractivity contribution in [1.82, 2.24) is 5.32 Å². The lowest BCUT2D eigenvalue weighted by atomic mass is 10.6. The molecule has 1 aliphatic heterocycles. The summed E-state index contributed by atoms with van der Waals surface area (Å²) in [6, 6.07) is 0. The zero-order valence-electron chi connectivity index (χ0n) is 22.6. The minimum Gasteiger partial charge on any atom is -0.395 e. The lowest BCUT2D eigenvalue weighted by Gasteiger charge is -2.09. The van der Waals surface area contributed by atoms with E-state index < -0.39 is 0 Å². The fourth-order valence-corrected chi connectivity index (χ4v) is 2.49. The van der Waals surface area contributed by atoms with Crippen LogP contribution in [0.3, 0.4) is 0 Å². The standard InChI is InChI=1S/C22H45NO10.C2H7NO/c1-3-24-5-7-26-9-11-28-13-15-30-17-19-32-21-22-33-20-18-31-16-14-29-12-10-27-8-6-25-4-2-23-1;3-1-2-4/h23H,1-22H2;4H,1-3H2. The van der Waals surface area contributed by atoms with E-state index in [0.29, 0.717) is 139 Å². The first-order chi connectivity index (χ1) is 18.4. The average molecular weight is 545 g/mol. The SMILES string of the molecule is C1COCCOCCOCCOCCOCCOCCOCCOCCOCCOCCN1.NCCO. The van der Waals surface area contributed by atoms with Crippen LogP contribution in [-0.4, -0.2) is 163 Å². The van der Waals surface area contributed by atoms with Crippen LogP contribution in [0.2, 0.25) is 0 Å². The molecule has 0 radical (unpaired) electrons. The van der Waals surface area contributed by atoms with E-state index in [-0.39, 0.29) is 6.61 Å². The molecule has 1 saturated heterocycles. The largest absolute Gasteiger partial charge is 0.395 e. The molecule has 0 unspecified atom stereocenters. The highest BCUT2D eigenvalue weighted by Gasteiger charge is 1.96. The van der Waals surface area contributed by atoms with Crippen molar-refractivity contribution >= 4 is 0 Å². The average Bonchev–Trinajstić information content (AvgIpc) is 2.92. The van der Waals surface area contributed by atoms with Gasteiger partial charge in [0.1, 0.15) is 0 Å². The van der Waals surface area contributed by atoms with Gasteiger partial charge in [0.2, 0.25) is 0 Å². The molecule has 0 aliphatic carbocycles. The molecule has 1 rings (SSSR count). The minimum atomic E-state index is 0.0972. The highest BCUT2D eigenvalue weighted by Crippen LogP contribution is 1.86. The third-order valence-corrected chi connectivity index (χ3v) is 4.32. The fraction of sp³-hybridized carbons (Fsp3) is 1.00. The fourth-order valence-electron chi connectivity index (χ4n) is 2.49. The van der Waals surface area contributed by atoms with Gasteiger partial charge >= 0.3 is 0 Å². The van der Waals surface area contributed by atoms with E-state index in [4.69, 9.17) is 58.2 Å². The number of aliphatic hydroxyl groups excluding tert-OH is 1. The molecule has 13 heteroatoms. The monoisotopic (exact) mass is 544 g/mol. The number of nitrogens with two attached hydrogens (primary N) is 1. The molecular formula is C24H52N2O11. The molecule has 0 amide bonds. The molecule has 0 aromatic heterocycles. The molecule has 0 aromatic rings. The second kappa shape index (κ2) is 35.5. The summed E-state index contributed by atoms with van der Waals surface area (Å²) in [5.41, 5.74) is 4.78. The number of aliphatic hydroxyl groups is 1.